The Labute approximate surface area is 784 Å². The maximum Gasteiger partial charge on any atom is 0.135 e. The van der Waals surface area contributed by atoms with Gasteiger partial charge in [0.05, 0.1) is 22.1 Å². The molecule has 0 atom stereocenters. The van der Waals surface area contributed by atoms with E-state index in [4.69, 9.17) is 8.83 Å². The maximum absolute atomic E-state index is 6.18. The lowest BCUT2D eigenvalue weighted by molar-refractivity contribution is 0.660. The van der Waals surface area contributed by atoms with E-state index in [9.17, 15) is 0 Å². The Morgan fingerprint density at radius 3 is 0.837 bits per heavy atom. The Balaban J connectivity index is 0.000000141. The number of furan rings is 2. The van der Waals surface area contributed by atoms with Crippen LogP contribution in [0.1, 0.15) is 74.9 Å². The van der Waals surface area contributed by atoms with E-state index in [-0.39, 0.29) is 16.2 Å². The van der Waals surface area contributed by atoms with Crippen molar-refractivity contribution in [2.45, 2.75) is 57.8 Å². The van der Waals surface area contributed by atoms with Crippen molar-refractivity contribution in [3.05, 3.63) is 482 Å². The fourth-order valence-corrected chi connectivity index (χ4v) is 22.7. The summed E-state index contributed by atoms with van der Waals surface area (Å²) in [4.78, 5) is 4.86. The van der Waals surface area contributed by atoms with Gasteiger partial charge in [-0.05, 0) is 298 Å². The molecule has 0 unspecified atom stereocenters. The molecule has 6 nitrogen and oxygen atoms in total. The first-order valence-corrected chi connectivity index (χ1v) is 47.0. The van der Waals surface area contributed by atoms with E-state index < -0.39 is 0 Å². The summed E-state index contributed by atoms with van der Waals surface area (Å²) in [6.07, 6.45) is 0. The van der Waals surface area contributed by atoms with Crippen LogP contribution in [-0.2, 0) is 16.2 Å². The van der Waals surface area contributed by atoms with Crippen molar-refractivity contribution in [1.29, 1.82) is 0 Å². The zero-order chi connectivity index (χ0) is 90.1. The van der Waals surface area contributed by atoms with Crippen LogP contribution in [0.25, 0.3) is 188 Å². The molecular formula is C129H92N4O2. The molecule has 0 spiro atoms. The second kappa shape index (κ2) is 30.7. The molecule has 6 heteroatoms. The van der Waals surface area contributed by atoms with Crippen LogP contribution in [0.3, 0.4) is 0 Å². The Bertz CT molecular complexity index is 8930. The summed E-state index contributed by atoms with van der Waals surface area (Å²) < 4.78 is 17.1. The number of hydrogen-bond donors (Lipinski definition) is 0. The molecule has 0 saturated heterocycles. The van der Waals surface area contributed by atoms with Crippen LogP contribution >= 0.6 is 0 Å². The van der Waals surface area contributed by atoms with Crippen LogP contribution in [0.4, 0.5) is 34.1 Å². The standard InChI is InChI=1S/C66H48N2O.C63H44N2O/c1-65(2)57-19-11-8-16-49(57)51-32-29-47(39-59(51)65)67(46-27-22-41(23-28-46)42-26-35-64-56(37-42)54-18-10-13-21-63(54)69-64)48-30-33-52-50-31-24-44(38-58(50)66(3,4)60(52)40-48)43-25-34-62-55(36-43)53-17-9-12-20-61(53)68(62)45-14-6-5-7-15-45;1-63(2)57-17-9-6-14-51(57)52-35-34-50(40-58(52)63)64(49-32-26-44(27-33-49)46-29-37-62-56(39-46)54-16-8-11-19-61(54)66-62)48-30-24-42(25-31-48)41-20-22-43(23-21-41)45-28-36-60-55(38-45)53-15-7-10-18-59(53)65(60)47-12-4-3-5-13-47/h5-40H,1-4H3;3-40H,1-2H3. The van der Waals surface area contributed by atoms with Gasteiger partial charge in [-0.3, -0.25) is 0 Å². The minimum atomic E-state index is -0.239. The Morgan fingerprint density at radius 1 is 0.170 bits per heavy atom. The highest BCUT2D eigenvalue weighted by molar-refractivity contribution is 6.13. The van der Waals surface area contributed by atoms with E-state index in [0.29, 0.717) is 0 Å². The predicted molar refractivity (Wildman–Crippen MR) is 565 cm³/mol. The quantitative estimate of drug-likeness (QED) is 0.115. The molecule has 0 radical (unpaired) electrons. The number of anilines is 6. The molecular weight excluding hydrogens is 1640 g/mol. The minimum absolute atomic E-state index is 0.115. The zero-order valence-electron chi connectivity index (χ0n) is 75.8. The highest BCUT2D eigenvalue weighted by Gasteiger charge is 2.40. The number of para-hydroxylation sites is 6. The number of hydrogen-bond acceptors (Lipinski definition) is 4. The van der Waals surface area contributed by atoms with Crippen molar-refractivity contribution in [1.82, 2.24) is 9.13 Å². The Hall–Kier alpha value is -16.8. The molecule has 135 heavy (non-hydrogen) atoms. The lowest BCUT2D eigenvalue weighted by atomic mass is 9.81. The van der Waals surface area contributed by atoms with E-state index in [1.165, 1.54) is 166 Å². The van der Waals surface area contributed by atoms with Gasteiger partial charge in [0.1, 0.15) is 22.3 Å². The largest absolute Gasteiger partial charge is 0.456 e. The minimum Gasteiger partial charge on any atom is -0.456 e. The van der Waals surface area contributed by atoms with Crippen molar-refractivity contribution in [2.24, 2.45) is 0 Å². The van der Waals surface area contributed by atoms with E-state index >= 15 is 0 Å². The highest BCUT2D eigenvalue weighted by Crippen LogP contribution is 2.57. The highest BCUT2D eigenvalue weighted by atomic mass is 16.3. The lowest BCUT2D eigenvalue weighted by Gasteiger charge is -2.30. The number of nitrogens with zero attached hydrogens (tertiary/aromatic N) is 4. The van der Waals surface area contributed by atoms with Crippen LogP contribution in [0.15, 0.2) is 458 Å². The van der Waals surface area contributed by atoms with Crippen molar-refractivity contribution >= 4 is 122 Å². The van der Waals surface area contributed by atoms with Crippen LogP contribution in [0.2, 0.25) is 0 Å². The van der Waals surface area contributed by atoms with Gasteiger partial charge in [-0.2, -0.15) is 0 Å². The molecule has 0 saturated carbocycles. The van der Waals surface area contributed by atoms with E-state index in [1.54, 1.807) is 0 Å². The van der Waals surface area contributed by atoms with Crippen molar-refractivity contribution in [2.75, 3.05) is 9.80 Å². The van der Waals surface area contributed by atoms with Crippen LogP contribution in [0, 0.1) is 0 Å². The molecule has 4 heterocycles. The number of benzene rings is 20. The second-order valence-corrected chi connectivity index (χ2v) is 38.3. The number of aromatic nitrogens is 2. The molecule has 3 aliphatic carbocycles. The predicted octanol–water partition coefficient (Wildman–Crippen LogP) is 35.6. The van der Waals surface area contributed by atoms with Crippen LogP contribution in [-0.4, -0.2) is 9.13 Å². The first kappa shape index (κ1) is 79.2. The summed E-state index contributed by atoms with van der Waals surface area (Å²) in [5.41, 5.74) is 45.0. The van der Waals surface area contributed by atoms with Gasteiger partial charge in [-0.1, -0.05) is 315 Å². The first-order chi connectivity index (χ1) is 66.2. The molecule has 0 N–H and O–H groups in total. The molecule has 4 aromatic heterocycles. The lowest BCUT2D eigenvalue weighted by Crippen LogP contribution is -2.18. The topological polar surface area (TPSA) is 42.6 Å². The van der Waals surface area contributed by atoms with Gasteiger partial charge < -0.3 is 27.8 Å². The van der Waals surface area contributed by atoms with Crippen molar-refractivity contribution in [3.8, 4) is 100 Å². The summed E-state index contributed by atoms with van der Waals surface area (Å²) >= 11 is 0. The number of fused-ring (bicyclic) bond motifs is 21. The van der Waals surface area contributed by atoms with E-state index in [2.05, 4.69) is 485 Å². The van der Waals surface area contributed by atoms with Gasteiger partial charge in [-0.15, -0.1) is 0 Å². The summed E-state index contributed by atoms with van der Waals surface area (Å²) in [6, 6.07) is 165. The third kappa shape index (κ3) is 12.8. The van der Waals surface area contributed by atoms with Gasteiger partial charge in [0.25, 0.3) is 0 Å². The monoisotopic (exact) mass is 1730 g/mol. The molecule has 0 bridgehead atoms. The summed E-state index contributed by atoms with van der Waals surface area (Å²) in [5.74, 6) is 0. The molecule has 0 aliphatic heterocycles. The second-order valence-electron chi connectivity index (χ2n) is 38.3. The summed E-state index contributed by atoms with van der Waals surface area (Å²) in [7, 11) is 0. The molecule has 20 aromatic carbocycles. The average molecular weight is 1730 g/mol. The molecule has 24 aromatic rings. The SMILES string of the molecule is CC1(C)c2ccccc2-c2ccc(N(c3ccc(-c4ccc(-c5ccc6c(c5)c5ccccc5n6-c5ccccc5)cc4)cc3)c3ccc(-c4ccc5oc6ccccc6c5c4)cc3)cc21.CC1(C)c2ccccc2-c2ccc(N(c3ccc(-c4ccc5oc6ccccc6c5c4)cc3)c3ccc4c(c3)C(C)(C)c3cc(-c5ccc6c(c5)c5ccccc5n6-c5ccccc5)ccc3-4)cc21. The maximum atomic E-state index is 6.18. The third-order valence-corrected chi connectivity index (χ3v) is 29.6. The van der Waals surface area contributed by atoms with Gasteiger partial charge in [0.15, 0.2) is 0 Å². The third-order valence-electron chi connectivity index (χ3n) is 29.6. The molecule has 3 aliphatic rings. The first-order valence-electron chi connectivity index (χ1n) is 47.0. The summed E-state index contributed by atoms with van der Waals surface area (Å²) in [5, 5.41) is 9.59. The van der Waals surface area contributed by atoms with Crippen LogP contribution < -0.4 is 9.80 Å². The summed E-state index contributed by atoms with van der Waals surface area (Å²) in [6.45, 7) is 14.2. The average Bonchev–Trinajstić information content (AvgIpc) is 1.55. The fraction of sp³-hybridized carbons (Fsp3) is 0.0698. The Morgan fingerprint density at radius 2 is 0.422 bits per heavy atom. The fourth-order valence-electron chi connectivity index (χ4n) is 22.7. The van der Waals surface area contributed by atoms with Crippen molar-refractivity contribution < 1.29 is 8.83 Å². The van der Waals surface area contributed by atoms with Crippen molar-refractivity contribution in [3.63, 3.8) is 0 Å². The van der Waals surface area contributed by atoms with Gasteiger partial charge >= 0.3 is 0 Å². The van der Waals surface area contributed by atoms with Gasteiger partial charge in [-0.25, -0.2) is 0 Å². The molecule has 0 fully saturated rings. The Kier molecular flexibility index (Phi) is 18.0. The zero-order valence-corrected chi connectivity index (χ0v) is 75.8. The van der Waals surface area contributed by atoms with Gasteiger partial charge in [0.2, 0.25) is 0 Å². The normalized spacial score (nSPS) is 13.4. The molecule has 640 valence electrons. The van der Waals surface area contributed by atoms with E-state index in [0.717, 1.165) is 89.1 Å². The van der Waals surface area contributed by atoms with E-state index in [1.807, 2.05) is 24.3 Å². The number of rotatable bonds is 13. The molecule has 0 amide bonds. The van der Waals surface area contributed by atoms with Crippen LogP contribution in [0.5, 0.6) is 0 Å². The smallest absolute Gasteiger partial charge is 0.135 e. The van der Waals surface area contributed by atoms with Gasteiger partial charge in [0, 0.05) is 105 Å². The molecule has 27 rings (SSSR count).